The second-order valence-corrected chi connectivity index (χ2v) is 6.84. The number of thioether (sulfide) groups is 1. The Morgan fingerprint density at radius 2 is 1.86 bits per heavy atom. The summed E-state index contributed by atoms with van der Waals surface area (Å²) in [5, 5.41) is 8.52. The van der Waals surface area contributed by atoms with Crippen molar-refractivity contribution in [2.24, 2.45) is 14.1 Å². The largest absolute Gasteiger partial charge is 0.497 e. The molecule has 0 unspecified atom stereocenters. The molecule has 0 amide bonds. The number of benzene rings is 1. The monoisotopic (exact) mass is 404 g/mol. The van der Waals surface area contributed by atoms with E-state index in [-0.39, 0.29) is 17.9 Å². The number of methoxy groups -OCH3 is 1. The molecule has 0 aliphatic carbocycles. The topological polar surface area (TPSA) is 119 Å². The minimum Gasteiger partial charge on any atom is -0.497 e. The molecule has 3 aromatic rings. The van der Waals surface area contributed by atoms with E-state index in [1.807, 2.05) is 12.1 Å². The van der Waals surface area contributed by atoms with Crippen LogP contribution in [0.2, 0.25) is 0 Å². The van der Waals surface area contributed by atoms with Gasteiger partial charge in [0.2, 0.25) is 5.16 Å². The van der Waals surface area contributed by atoms with Gasteiger partial charge in [-0.05, 0) is 12.1 Å². The zero-order chi connectivity index (χ0) is 20.3. The van der Waals surface area contributed by atoms with Gasteiger partial charge >= 0.3 is 5.69 Å². The zero-order valence-electron chi connectivity index (χ0n) is 15.7. The van der Waals surface area contributed by atoms with Crippen LogP contribution >= 0.6 is 11.8 Å². The van der Waals surface area contributed by atoms with E-state index in [4.69, 9.17) is 15.3 Å². The van der Waals surface area contributed by atoms with Gasteiger partial charge in [0.1, 0.15) is 18.1 Å². The van der Waals surface area contributed by atoms with Gasteiger partial charge in [0.05, 0.1) is 7.11 Å². The molecule has 2 heterocycles. The molecular weight excluding hydrogens is 384 g/mol. The lowest BCUT2D eigenvalue weighted by Gasteiger charge is -2.09. The summed E-state index contributed by atoms with van der Waals surface area (Å²) < 4.78 is 14.6. The fourth-order valence-electron chi connectivity index (χ4n) is 2.40. The maximum atomic E-state index is 12.0. The Hall–Kier alpha value is -3.21. The molecule has 2 aromatic heterocycles. The number of ether oxygens (including phenoxy) is 2. The van der Waals surface area contributed by atoms with Gasteiger partial charge in [-0.3, -0.25) is 13.9 Å². The van der Waals surface area contributed by atoms with E-state index in [1.54, 1.807) is 26.3 Å². The Morgan fingerprint density at radius 1 is 1.11 bits per heavy atom. The molecule has 0 aliphatic heterocycles. The highest BCUT2D eigenvalue weighted by Gasteiger charge is 2.13. The lowest BCUT2D eigenvalue weighted by molar-refractivity contribution is 0.289. The van der Waals surface area contributed by atoms with Crippen molar-refractivity contribution >= 4 is 11.8 Å². The van der Waals surface area contributed by atoms with Crippen LogP contribution in [0.15, 0.2) is 45.1 Å². The highest BCUT2D eigenvalue weighted by Crippen LogP contribution is 2.21. The molecule has 148 valence electrons. The van der Waals surface area contributed by atoms with Crippen LogP contribution < -0.4 is 26.6 Å². The molecule has 3 rings (SSSR count). The van der Waals surface area contributed by atoms with E-state index in [1.165, 1.54) is 34.1 Å². The van der Waals surface area contributed by atoms with Crippen molar-refractivity contribution in [1.29, 1.82) is 0 Å². The van der Waals surface area contributed by atoms with Gasteiger partial charge in [-0.15, -0.1) is 10.2 Å². The first-order chi connectivity index (χ1) is 13.4. The van der Waals surface area contributed by atoms with Gasteiger partial charge in [0.15, 0.2) is 5.82 Å². The SMILES string of the molecule is COc1cccc(OCc2nnc(SCc3cc(=O)n(C)c(=O)n3C)n2N)c1. The Kier molecular flexibility index (Phi) is 5.73. The minimum absolute atomic E-state index is 0.127. The summed E-state index contributed by atoms with van der Waals surface area (Å²) >= 11 is 1.27. The first-order valence-electron chi connectivity index (χ1n) is 8.25. The van der Waals surface area contributed by atoms with E-state index in [2.05, 4.69) is 10.2 Å². The van der Waals surface area contributed by atoms with Crippen molar-refractivity contribution in [3.8, 4) is 11.5 Å². The second-order valence-electron chi connectivity index (χ2n) is 5.90. The first-order valence-corrected chi connectivity index (χ1v) is 9.24. The van der Waals surface area contributed by atoms with Crippen LogP contribution in [-0.2, 0) is 26.5 Å². The molecule has 0 radical (unpaired) electrons. The molecule has 0 atom stereocenters. The average Bonchev–Trinajstić information content (AvgIpc) is 3.06. The van der Waals surface area contributed by atoms with E-state index in [0.717, 1.165) is 4.57 Å². The van der Waals surface area contributed by atoms with Crippen molar-refractivity contribution in [3.05, 3.63) is 62.7 Å². The smallest absolute Gasteiger partial charge is 0.330 e. The second kappa shape index (κ2) is 8.21. The van der Waals surface area contributed by atoms with Gasteiger partial charge in [0, 0.05) is 37.7 Å². The molecule has 28 heavy (non-hydrogen) atoms. The zero-order valence-corrected chi connectivity index (χ0v) is 16.5. The third-order valence-corrected chi connectivity index (χ3v) is 5.10. The van der Waals surface area contributed by atoms with E-state index < -0.39 is 0 Å². The third kappa shape index (κ3) is 4.03. The molecule has 0 aliphatic rings. The lowest BCUT2D eigenvalue weighted by atomic mass is 10.3. The van der Waals surface area contributed by atoms with Crippen LogP contribution in [0.3, 0.4) is 0 Å². The van der Waals surface area contributed by atoms with Crippen molar-refractivity contribution in [1.82, 2.24) is 24.0 Å². The standard InChI is InChI=1S/C17H20N6O4S/c1-21-11(7-15(24)22(2)17(21)25)10-28-16-20-19-14(23(16)18)9-27-13-6-4-5-12(8-13)26-3/h4-8H,9-10,18H2,1-3H3. The quantitative estimate of drug-likeness (QED) is 0.440. The molecule has 0 saturated heterocycles. The summed E-state index contributed by atoms with van der Waals surface area (Å²) in [6.45, 7) is 0.127. The molecule has 11 heteroatoms. The highest BCUT2D eigenvalue weighted by atomic mass is 32.2. The molecule has 1 aromatic carbocycles. The van der Waals surface area contributed by atoms with Crippen molar-refractivity contribution in [2.45, 2.75) is 17.5 Å². The van der Waals surface area contributed by atoms with Crippen molar-refractivity contribution in [2.75, 3.05) is 13.0 Å². The fourth-order valence-corrected chi connectivity index (χ4v) is 3.30. The summed E-state index contributed by atoms with van der Waals surface area (Å²) in [4.78, 5) is 23.8. The predicted octanol–water partition coefficient (Wildman–Crippen LogP) is 0.269. The number of nitrogens with zero attached hydrogens (tertiary/aromatic N) is 5. The van der Waals surface area contributed by atoms with Crippen molar-refractivity contribution in [3.63, 3.8) is 0 Å². The molecule has 0 spiro atoms. The van der Waals surface area contributed by atoms with E-state index >= 15 is 0 Å². The average molecular weight is 404 g/mol. The lowest BCUT2D eigenvalue weighted by Crippen LogP contribution is -2.37. The van der Waals surface area contributed by atoms with Crippen LogP contribution in [0, 0.1) is 0 Å². The summed E-state index contributed by atoms with van der Waals surface area (Å²) in [6, 6.07) is 8.60. The van der Waals surface area contributed by atoms with Gasteiger partial charge in [-0.1, -0.05) is 17.8 Å². The third-order valence-electron chi connectivity index (χ3n) is 4.12. The van der Waals surface area contributed by atoms with Gasteiger partial charge in [-0.2, -0.15) is 0 Å². The first kappa shape index (κ1) is 19.5. The summed E-state index contributed by atoms with van der Waals surface area (Å²) in [5.41, 5.74) is -0.180. The van der Waals surface area contributed by atoms with Gasteiger partial charge in [-0.25, -0.2) is 9.47 Å². The Balaban J connectivity index is 1.68. The number of hydrogen-bond donors (Lipinski definition) is 1. The van der Waals surface area contributed by atoms with Crippen molar-refractivity contribution < 1.29 is 9.47 Å². The van der Waals surface area contributed by atoms with Crippen LogP contribution in [0.1, 0.15) is 11.5 Å². The summed E-state index contributed by atoms with van der Waals surface area (Å²) in [5.74, 6) is 8.12. The Morgan fingerprint density at radius 3 is 2.61 bits per heavy atom. The van der Waals surface area contributed by atoms with Crippen LogP contribution in [-0.4, -0.2) is 31.1 Å². The molecule has 2 N–H and O–H groups in total. The van der Waals surface area contributed by atoms with Crippen LogP contribution in [0.5, 0.6) is 11.5 Å². The number of rotatable bonds is 7. The van der Waals surface area contributed by atoms with Gasteiger partial charge in [0.25, 0.3) is 5.56 Å². The van der Waals surface area contributed by atoms with Crippen LogP contribution in [0.25, 0.3) is 0 Å². The van der Waals surface area contributed by atoms with Gasteiger partial charge < -0.3 is 15.3 Å². The fraction of sp³-hybridized carbons (Fsp3) is 0.294. The number of nitrogens with two attached hydrogens (primary N) is 1. The molecule has 0 fully saturated rings. The van der Waals surface area contributed by atoms with Crippen LogP contribution in [0.4, 0.5) is 0 Å². The summed E-state index contributed by atoms with van der Waals surface area (Å²) in [6.07, 6.45) is 0. The van der Waals surface area contributed by atoms with E-state index in [0.29, 0.717) is 33.9 Å². The highest BCUT2D eigenvalue weighted by molar-refractivity contribution is 7.98. The maximum Gasteiger partial charge on any atom is 0.330 e. The summed E-state index contributed by atoms with van der Waals surface area (Å²) in [7, 11) is 4.63. The number of aromatic nitrogens is 5. The molecule has 0 saturated carbocycles. The Labute approximate surface area is 164 Å². The van der Waals surface area contributed by atoms with E-state index in [9.17, 15) is 9.59 Å². The molecule has 0 bridgehead atoms. The maximum absolute atomic E-state index is 12.0. The normalized spacial score (nSPS) is 10.8. The molecule has 10 nitrogen and oxygen atoms in total. The predicted molar refractivity (Wildman–Crippen MR) is 104 cm³/mol. The minimum atomic E-state index is -0.385. The Bertz CT molecular complexity index is 1100. The number of hydrogen-bond acceptors (Lipinski definition) is 8. The molecular formula is C17H20N6O4S. The number of nitrogen functional groups attached to an aromatic ring is 1.